The molecule has 3 aromatic rings. The Morgan fingerprint density at radius 1 is 0.969 bits per heavy atom. The van der Waals surface area contributed by atoms with Crippen molar-refractivity contribution in [2.45, 2.75) is 25.7 Å². The number of amides is 3. The third kappa shape index (κ3) is 4.32. The van der Waals surface area contributed by atoms with Gasteiger partial charge in [-0.2, -0.15) is 5.10 Å². The number of carbonyl (C=O) groups excluding carboxylic acids is 3. The Hall–Kier alpha value is -3.74. The number of rotatable bonds is 8. The predicted octanol–water partition coefficient (Wildman–Crippen LogP) is 3.79. The smallest absolute Gasteiger partial charge is 0.261 e. The minimum atomic E-state index is -0.364. The van der Waals surface area contributed by atoms with Crippen LogP contribution >= 0.6 is 0 Å². The third-order valence-electron chi connectivity index (χ3n) is 5.82. The summed E-state index contributed by atoms with van der Waals surface area (Å²) < 4.78 is 0. The third-order valence-corrected chi connectivity index (χ3v) is 5.82. The van der Waals surface area contributed by atoms with E-state index in [-0.39, 0.29) is 17.7 Å². The van der Waals surface area contributed by atoms with E-state index in [4.69, 9.17) is 0 Å². The van der Waals surface area contributed by atoms with Crippen molar-refractivity contribution in [2.75, 3.05) is 20.6 Å². The maximum absolute atomic E-state index is 12.7. The van der Waals surface area contributed by atoms with Gasteiger partial charge in [0.1, 0.15) is 0 Å². The van der Waals surface area contributed by atoms with E-state index < -0.39 is 0 Å². The summed E-state index contributed by atoms with van der Waals surface area (Å²) in [6, 6.07) is 16.9. The van der Waals surface area contributed by atoms with E-state index in [2.05, 4.69) is 16.3 Å². The molecule has 164 valence electrons. The summed E-state index contributed by atoms with van der Waals surface area (Å²) in [6.07, 6.45) is 3.78. The Kier molecular flexibility index (Phi) is 6.16. The van der Waals surface area contributed by atoms with Crippen molar-refractivity contribution < 1.29 is 14.4 Å². The number of nitrogens with zero attached hydrogens (tertiary/aromatic N) is 3. The van der Waals surface area contributed by atoms with Gasteiger partial charge in [0.25, 0.3) is 17.7 Å². The standard InChI is InChI=1S/C25H26N4O3/c1-28(23(30)18-12-13-20-21(15-18)25(32)29(2)24(20)31)14-8-4-7-11-19-16-22(27-26-19)17-9-5-3-6-10-17/h3,5-6,9-10,12-13,15-16H,4,7-8,11,14H2,1-2H3,(H,26,27). The minimum absolute atomic E-state index is 0.149. The topological polar surface area (TPSA) is 86.4 Å². The number of unbranched alkanes of at least 4 members (excludes halogenated alkanes) is 2. The van der Waals surface area contributed by atoms with Crippen molar-refractivity contribution >= 4 is 17.7 Å². The van der Waals surface area contributed by atoms with Gasteiger partial charge in [-0.05, 0) is 43.5 Å². The summed E-state index contributed by atoms with van der Waals surface area (Å²) in [5.74, 6) is -0.842. The molecule has 0 unspecified atom stereocenters. The predicted molar refractivity (Wildman–Crippen MR) is 121 cm³/mol. The Bertz CT molecular complexity index is 1150. The fourth-order valence-electron chi connectivity index (χ4n) is 3.90. The number of carbonyl (C=O) groups is 3. The molecule has 2 aromatic carbocycles. The molecule has 1 aliphatic heterocycles. The SMILES string of the molecule is CN(CCCCCc1cc(-c2ccccc2)n[nH]1)C(=O)c1ccc2c(c1)C(=O)N(C)C2=O. The van der Waals surface area contributed by atoms with Crippen LogP contribution in [0.4, 0.5) is 0 Å². The molecule has 0 spiro atoms. The van der Waals surface area contributed by atoms with Crippen molar-refractivity contribution in [1.29, 1.82) is 0 Å². The molecule has 0 bridgehead atoms. The monoisotopic (exact) mass is 430 g/mol. The Balaban J connectivity index is 1.24. The molecule has 3 amide bonds. The highest BCUT2D eigenvalue weighted by Crippen LogP contribution is 2.23. The summed E-state index contributed by atoms with van der Waals surface area (Å²) in [5.41, 5.74) is 4.23. The lowest BCUT2D eigenvalue weighted by Gasteiger charge is -2.17. The van der Waals surface area contributed by atoms with Crippen molar-refractivity contribution in [1.82, 2.24) is 20.0 Å². The number of benzene rings is 2. The summed E-state index contributed by atoms with van der Waals surface area (Å²) in [5, 5.41) is 7.49. The van der Waals surface area contributed by atoms with Crippen LogP contribution in [0, 0.1) is 0 Å². The molecule has 0 saturated heterocycles. The van der Waals surface area contributed by atoms with Crippen LogP contribution in [-0.4, -0.2) is 58.4 Å². The van der Waals surface area contributed by atoms with Gasteiger partial charge in [-0.1, -0.05) is 36.8 Å². The second-order valence-corrected chi connectivity index (χ2v) is 8.11. The Morgan fingerprint density at radius 3 is 2.50 bits per heavy atom. The highest BCUT2D eigenvalue weighted by atomic mass is 16.2. The largest absolute Gasteiger partial charge is 0.342 e. The van der Waals surface area contributed by atoms with Crippen molar-refractivity contribution in [2.24, 2.45) is 0 Å². The lowest BCUT2D eigenvalue weighted by atomic mass is 10.0. The van der Waals surface area contributed by atoms with E-state index in [1.165, 1.54) is 13.1 Å². The fraction of sp³-hybridized carbons (Fsp3) is 0.280. The second-order valence-electron chi connectivity index (χ2n) is 8.11. The van der Waals surface area contributed by atoms with E-state index in [0.717, 1.165) is 47.5 Å². The quantitative estimate of drug-likeness (QED) is 0.435. The van der Waals surface area contributed by atoms with E-state index >= 15 is 0 Å². The van der Waals surface area contributed by atoms with Crippen molar-refractivity contribution in [3.63, 3.8) is 0 Å². The van der Waals surface area contributed by atoms with Crippen LogP contribution in [0.1, 0.15) is 56.0 Å². The number of fused-ring (bicyclic) bond motifs is 1. The molecule has 1 aromatic heterocycles. The molecule has 0 atom stereocenters. The summed E-state index contributed by atoms with van der Waals surface area (Å²) in [7, 11) is 3.21. The van der Waals surface area contributed by atoms with Crippen LogP contribution < -0.4 is 0 Å². The van der Waals surface area contributed by atoms with Crippen LogP contribution in [0.15, 0.2) is 54.6 Å². The number of nitrogens with one attached hydrogen (secondary N) is 1. The van der Waals surface area contributed by atoms with Gasteiger partial charge in [-0.25, -0.2) is 0 Å². The molecule has 0 aliphatic carbocycles. The van der Waals surface area contributed by atoms with Gasteiger partial charge in [-0.3, -0.25) is 24.4 Å². The van der Waals surface area contributed by atoms with Gasteiger partial charge in [0.2, 0.25) is 0 Å². The van der Waals surface area contributed by atoms with Gasteiger partial charge in [0.15, 0.2) is 0 Å². The lowest BCUT2D eigenvalue weighted by Crippen LogP contribution is -2.28. The molecule has 4 rings (SSSR count). The minimum Gasteiger partial charge on any atom is -0.342 e. The first kappa shape index (κ1) is 21.5. The zero-order chi connectivity index (χ0) is 22.7. The number of aryl methyl sites for hydroxylation is 1. The lowest BCUT2D eigenvalue weighted by molar-refractivity contribution is 0.0692. The summed E-state index contributed by atoms with van der Waals surface area (Å²) >= 11 is 0. The van der Waals surface area contributed by atoms with Crippen LogP contribution in [0.25, 0.3) is 11.3 Å². The molecule has 7 nitrogen and oxygen atoms in total. The van der Waals surface area contributed by atoms with Crippen LogP contribution in [0.3, 0.4) is 0 Å². The van der Waals surface area contributed by atoms with Crippen LogP contribution in [-0.2, 0) is 6.42 Å². The first-order valence-corrected chi connectivity index (χ1v) is 10.8. The zero-order valence-electron chi connectivity index (χ0n) is 18.3. The van der Waals surface area contributed by atoms with Gasteiger partial charge >= 0.3 is 0 Å². The molecule has 7 heteroatoms. The van der Waals surface area contributed by atoms with E-state index in [0.29, 0.717) is 23.2 Å². The zero-order valence-corrected chi connectivity index (χ0v) is 18.3. The van der Waals surface area contributed by atoms with Gasteiger partial charge in [-0.15, -0.1) is 0 Å². The fourth-order valence-corrected chi connectivity index (χ4v) is 3.90. The first-order chi connectivity index (χ1) is 15.5. The Morgan fingerprint density at radius 2 is 1.72 bits per heavy atom. The number of H-pyrrole nitrogens is 1. The van der Waals surface area contributed by atoms with Crippen LogP contribution in [0.2, 0.25) is 0 Å². The molecule has 2 heterocycles. The van der Waals surface area contributed by atoms with Gasteiger partial charge in [0, 0.05) is 37.5 Å². The molecule has 0 radical (unpaired) electrons. The summed E-state index contributed by atoms with van der Waals surface area (Å²) in [4.78, 5) is 39.6. The molecule has 1 aliphatic rings. The van der Waals surface area contributed by atoms with E-state index in [1.54, 1.807) is 24.1 Å². The first-order valence-electron chi connectivity index (χ1n) is 10.8. The van der Waals surface area contributed by atoms with Crippen LogP contribution in [0.5, 0.6) is 0 Å². The summed E-state index contributed by atoms with van der Waals surface area (Å²) in [6.45, 7) is 0.626. The molecule has 0 saturated carbocycles. The number of hydrogen-bond donors (Lipinski definition) is 1. The highest BCUT2D eigenvalue weighted by molar-refractivity contribution is 6.21. The second kappa shape index (κ2) is 9.18. The maximum atomic E-state index is 12.7. The maximum Gasteiger partial charge on any atom is 0.261 e. The molecular weight excluding hydrogens is 404 g/mol. The van der Waals surface area contributed by atoms with Crippen molar-refractivity contribution in [3.8, 4) is 11.3 Å². The molecule has 1 N–H and O–H groups in total. The van der Waals surface area contributed by atoms with E-state index in [9.17, 15) is 14.4 Å². The van der Waals surface area contributed by atoms with Gasteiger partial charge in [0.05, 0.1) is 16.8 Å². The average molecular weight is 431 g/mol. The van der Waals surface area contributed by atoms with Gasteiger partial charge < -0.3 is 4.90 Å². The Labute approximate surface area is 187 Å². The normalized spacial score (nSPS) is 12.9. The molecular formula is C25H26N4O3. The van der Waals surface area contributed by atoms with Crippen molar-refractivity contribution in [3.05, 3.63) is 77.0 Å². The number of aromatic nitrogens is 2. The van der Waals surface area contributed by atoms with E-state index in [1.807, 2.05) is 30.3 Å². The molecule has 32 heavy (non-hydrogen) atoms. The number of hydrogen-bond acceptors (Lipinski definition) is 4. The number of aromatic amines is 1. The number of imide groups is 1. The average Bonchev–Trinajstić information content (AvgIpc) is 3.38. The highest BCUT2D eigenvalue weighted by Gasteiger charge is 2.33. The molecule has 0 fully saturated rings.